The minimum atomic E-state index is 0.976. The number of para-hydroxylation sites is 2. The fourth-order valence-electron chi connectivity index (χ4n) is 3.50. The number of rotatable bonds is 1. The summed E-state index contributed by atoms with van der Waals surface area (Å²) in [6.07, 6.45) is 3.32. The van der Waals surface area contributed by atoms with Crippen molar-refractivity contribution < 1.29 is 4.42 Å². The highest BCUT2D eigenvalue weighted by atomic mass is 16.4. The minimum absolute atomic E-state index is 0.976. The smallest absolute Gasteiger partial charge is 0.207 e. The molecular formula is C21H21NO. The Hall–Kier alpha value is -2.48. The van der Waals surface area contributed by atoms with E-state index in [1.807, 2.05) is 6.92 Å². The van der Waals surface area contributed by atoms with E-state index in [4.69, 9.17) is 4.42 Å². The van der Waals surface area contributed by atoms with E-state index in [1.54, 1.807) is 0 Å². The summed E-state index contributed by atoms with van der Waals surface area (Å²) in [5.74, 6) is 1.96. The molecule has 1 aliphatic rings. The Morgan fingerprint density at radius 2 is 1.52 bits per heavy atom. The highest BCUT2D eigenvalue weighted by molar-refractivity contribution is 5.79. The summed E-state index contributed by atoms with van der Waals surface area (Å²) in [6, 6.07) is 19.4. The SMILES string of the molecule is Cc1cc2c(o1)N(c1ccccc1C)c1ccccc1CCC2. The molecule has 2 aromatic carbocycles. The van der Waals surface area contributed by atoms with Crippen LogP contribution in [-0.4, -0.2) is 0 Å². The number of benzene rings is 2. The molecule has 0 radical (unpaired) electrons. The molecule has 2 nitrogen and oxygen atoms in total. The van der Waals surface area contributed by atoms with Crippen LogP contribution in [0, 0.1) is 13.8 Å². The van der Waals surface area contributed by atoms with Crippen molar-refractivity contribution in [2.75, 3.05) is 4.90 Å². The fraction of sp³-hybridized carbons (Fsp3) is 0.238. The molecule has 116 valence electrons. The van der Waals surface area contributed by atoms with Gasteiger partial charge in [-0.2, -0.15) is 0 Å². The van der Waals surface area contributed by atoms with Crippen LogP contribution in [0.5, 0.6) is 0 Å². The molecule has 1 aliphatic heterocycles. The molecular weight excluding hydrogens is 282 g/mol. The van der Waals surface area contributed by atoms with E-state index in [0.717, 1.165) is 30.9 Å². The lowest BCUT2D eigenvalue weighted by Crippen LogP contribution is -2.16. The second-order valence-corrected chi connectivity index (χ2v) is 6.29. The third-order valence-corrected chi connectivity index (χ3v) is 4.59. The predicted molar refractivity (Wildman–Crippen MR) is 94.9 cm³/mol. The first-order chi connectivity index (χ1) is 11.2. The molecule has 3 aromatic rings. The molecule has 4 rings (SSSR count). The number of furan rings is 1. The molecule has 0 aliphatic carbocycles. The van der Waals surface area contributed by atoms with Gasteiger partial charge < -0.3 is 4.42 Å². The monoisotopic (exact) mass is 303 g/mol. The summed E-state index contributed by atoms with van der Waals surface area (Å²) >= 11 is 0. The Balaban J connectivity index is 2.00. The molecule has 0 fully saturated rings. The van der Waals surface area contributed by atoms with Gasteiger partial charge in [-0.3, -0.25) is 4.90 Å². The first-order valence-electron chi connectivity index (χ1n) is 8.27. The van der Waals surface area contributed by atoms with Gasteiger partial charge in [0.2, 0.25) is 5.88 Å². The Labute approximate surface area is 137 Å². The third kappa shape index (κ3) is 2.44. The molecule has 0 saturated carbocycles. The van der Waals surface area contributed by atoms with Gasteiger partial charge in [0.15, 0.2) is 0 Å². The summed E-state index contributed by atoms with van der Waals surface area (Å²) in [7, 11) is 0. The van der Waals surface area contributed by atoms with E-state index in [9.17, 15) is 0 Å². The van der Waals surface area contributed by atoms with Crippen molar-refractivity contribution in [2.24, 2.45) is 0 Å². The molecule has 0 atom stereocenters. The molecule has 0 spiro atoms. The Bertz CT molecular complexity index is 847. The summed E-state index contributed by atoms with van der Waals surface area (Å²) in [6.45, 7) is 4.19. The van der Waals surface area contributed by atoms with Crippen LogP contribution in [0.2, 0.25) is 0 Å². The molecule has 0 saturated heterocycles. The third-order valence-electron chi connectivity index (χ3n) is 4.59. The largest absolute Gasteiger partial charge is 0.445 e. The maximum atomic E-state index is 6.15. The first-order valence-corrected chi connectivity index (χ1v) is 8.27. The Kier molecular flexibility index (Phi) is 3.45. The molecule has 23 heavy (non-hydrogen) atoms. The van der Waals surface area contributed by atoms with Gasteiger partial charge in [0, 0.05) is 5.56 Å². The predicted octanol–water partition coefficient (Wildman–Crippen LogP) is 5.85. The molecule has 1 aromatic heterocycles. The fourth-order valence-corrected chi connectivity index (χ4v) is 3.50. The lowest BCUT2D eigenvalue weighted by Gasteiger charge is -2.29. The van der Waals surface area contributed by atoms with Gasteiger partial charge in [-0.25, -0.2) is 0 Å². The van der Waals surface area contributed by atoms with Crippen LogP contribution in [0.3, 0.4) is 0 Å². The number of hydrogen-bond acceptors (Lipinski definition) is 2. The number of anilines is 3. The number of fused-ring (bicyclic) bond motifs is 2. The van der Waals surface area contributed by atoms with E-state index in [0.29, 0.717) is 0 Å². The molecule has 0 bridgehead atoms. The average molecular weight is 303 g/mol. The zero-order valence-electron chi connectivity index (χ0n) is 13.7. The second-order valence-electron chi connectivity index (χ2n) is 6.29. The van der Waals surface area contributed by atoms with E-state index < -0.39 is 0 Å². The molecule has 2 heteroatoms. The maximum Gasteiger partial charge on any atom is 0.207 e. The lowest BCUT2D eigenvalue weighted by atomic mass is 9.99. The van der Waals surface area contributed by atoms with Gasteiger partial charge in [0.05, 0.1) is 11.4 Å². The highest BCUT2D eigenvalue weighted by Crippen LogP contribution is 2.43. The van der Waals surface area contributed by atoms with Gasteiger partial charge in [0.25, 0.3) is 0 Å². The van der Waals surface area contributed by atoms with Gasteiger partial charge in [0.1, 0.15) is 5.76 Å². The highest BCUT2D eigenvalue weighted by Gasteiger charge is 2.25. The van der Waals surface area contributed by atoms with Gasteiger partial charge >= 0.3 is 0 Å². The van der Waals surface area contributed by atoms with Crippen molar-refractivity contribution in [3.8, 4) is 0 Å². The van der Waals surface area contributed by atoms with Crippen molar-refractivity contribution in [2.45, 2.75) is 33.1 Å². The maximum absolute atomic E-state index is 6.15. The van der Waals surface area contributed by atoms with Crippen molar-refractivity contribution in [1.29, 1.82) is 0 Å². The zero-order chi connectivity index (χ0) is 15.8. The first kappa shape index (κ1) is 14.1. The standard InChI is InChI=1S/C21H21NO/c1-15-8-3-5-12-19(15)22-20-13-6-4-9-17(20)10-7-11-18-14-16(2)23-21(18)22/h3-6,8-9,12-14H,7,10-11H2,1-2H3. The molecule has 2 heterocycles. The minimum Gasteiger partial charge on any atom is -0.445 e. The lowest BCUT2D eigenvalue weighted by molar-refractivity contribution is 0.537. The summed E-state index contributed by atoms with van der Waals surface area (Å²) in [4.78, 5) is 2.30. The van der Waals surface area contributed by atoms with Gasteiger partial charge in [-0.05, 0) is 62.4 Å². The number of nitrogens with zero attached hydrogens (tertiary/aromatic N) is 1. The summed E-state index contributed by atoms with van der Waals surface area (Å²) in [5.41, 5.74) is 6.37. The van der Waals surface area contributed by atoms with E-state index in [2.05, 4.69) is 66.4 Å². The van der Waals surface area contributed by atoms with Crippen LogP contribution >= 0.6 is 0 Å². The topological polar surface area (TPSA) is 16.4 Å². The van der Waals surface area contributed by atoms with Gasteiger partial charge in [-0.15, -0.1) is 0 Å². The quantitative estimate of drug-likeness (QED) is 0.560. The van der Waals surface area contributed by atoms with Gasteiger partial charge in [-0.1, -0.05) is 36.4 Å². The van der Waals surface area contributed by atoms with E-state index >= 15 is 0 Å². The summed E-state index contributed by atoms with van der Waals surface area (Å²) in [5, 5.41) is 0. The van der Waals surface area contributed by atoms with Crippen LogP contribution in [0.15, 0.2) is 59.0 Å². The molecule has 0 unspecified atom stereocenters. The number of hydrogen-bond donors (Lipinski definition) is 0. The zero-order valence-corrected chi connectivity index (χ0v) is 13.7. The van der Waals surface area contributed by atoms with E-state index in [1.165, 1.54) is 28.1 Å². The van der Waals surface area contributed by atoms with Crippen molar-refractivity contribution in [1.82, 2.24) is 0 Å². The molecule has 0 amide bonds. The normalized spacial score (nSPS) is 13.9. The van der Waals surface area contributed by atoms with Crippen molar-refractivity contribution >= 4 is 17.3 Å². The molecule has 0 N–H and O–H groups in total. The van der Waals surface area contributed by atoms with Crippen LogP contribution < -0.4 is 4.90 Å². The second kappa shape index (κ2) is 5.62. The average Bonchev–Trinajstić information content (AvgIpc) is 2.89. The Morgan fingerprint density at radius 1 is 0.826 bits per heavy atom. The Morgan fingerprint density at radius 3 is 2.35 bits per heavy atom. The van der Waals surface area contributed by atoms with Crippen LogP contribution in [0.25, 0.3) is 0 Å². The van der Waals surface area contributed by atoms with Crippen LogP contribution in [-0.2, 0) is 12.8 Å². The van der Waals surface area contributed by atoms with Crippen LogP contribution in [0.1, 0.15) is 28.9 Å². The van der Waals surface area contributed by atoms with Crippen molar-refractivity contribution in [3.05, 3.63) is 77.0 Å². The summed E-state index contributed by atoms with van der Waals surface area (Å²) < 4.78 is 6.15. The number of aryl methyl sites for hydroxylation is 4. The van der Waals surface area contributed by atoms with Crippen molar-refractivity contribution in [3.63, 3.8) is 0 Å². The van der Waals surface area contributed by atoms with Crippen LogP contribution in [0.4, 0.5) is 17.3 Å². The van der Waals surface area contributed by atoms with E-state index in [-0.39, 0.29) is 0 Å².